The molecule has 0 saturated heterocycles. The van der Waals surface area contributed by atoms with Crippen LogP contribution in [0.4, 0.5) is 23.1 Å². The lowest BCUT2D eigenvalue weighted by Crippen LogP contribution is -2.09. The molecule has 0 radical (unpaired) electrons. The summed E-state index contributed by atoms with van der Waals surface area (Å²) in [6.07, 6.45) is 1.65. The lowest BCUT2D eigenvalue weighted by molar-refractivity contribution is 0.0527. The highest BCUT2D eigenvalue weighted by atomic mass is 16.5. The molecular formula is C20H20N4O2. The zero-order valence-corrected chi connectivity index (χ0v) is 14.7. The third-order valence-electron chi connectivity index (χ3n) is 3.65. The SMILES string of the molecule is CCOC(=O)c1ccccc1Nc1nccc(Nc2ccc(C)cc2)n1. The number of carbonyl (C=O) groups is 1. The Hall–Kier alpha value is -3.41. The van der Waals surface area contributed by atoms with Crippen molar-refractivity contribution in [3.8, 4) is 0 Å². The molecule has 6 nitrogen and oxygen atoms in total. The van der Waals surface area contributed by atoms with E-state index in [1.807, 2.05) is 37.3 Å². The predicted molar refractivity (Wildman–Crippen MR) is 102 cm³/mol. The van der Waals surface area contributed by atoms with Crippen LogP contribution in [0.15, 0.2) is 60.8 Å². The minimum absolute atomic E-state index is 0.319. The highest BCUT2D eigenvalue weighted by Gasteiger charge is 2.12. The Morgan fingerprint density at radius 1 is 1.04 bits per heavy atom. The zero-order valence-electron chi connectivity index (χ0n) is 14.7. The fourth-order valence-electron chi connectivity index (χ4n) is 2.37. The Bertz CT molecular complexity index is 894. The molecule has 0 unspecified atom stereocenters. The van der Waals surface area contributed by atoms with Crippen molar-refractivity contribution in [1.29, 1.82) is 0 Å². The second-order valence-corrected chi connectivity index (χ2v) is 5.65. The minimum Gasteiger partial charge on any atom is -0.462 e. The fourth-order valence-corrected chi connectivity index (χ4v) is 2.37. The molecule has 26 heavy (non-hydrogen) atoms. The maximum absolute atomic E-state index is 12.1. The van der Waals surface area contributed by atoms with Gasteiger partial charge in [-0.25, -0.2) is 9.78 Å². The van der Waals surface area contributed by atoms with Gasteiger partial charge >= 0.3 is 5.97 Å². The molecule has 132 valence electrons. The first-order valence-corrected chi connectivity index (χ1v) is 8.35. The number of hydrogen-bond acceptors (Lipinski definition) is 6. The standard InChI is InChI=1S/C20H20N4O2/c1-3-26-19(25)16-6-4-5-7-17(16)23-20-21-13-12-18(24-20)22-15-10-8-14(2)9-11-15/h4-13H,3H2,1-2H3,(H2,21,22,23,24). The average Bonchev–Trinajstić information content (AvgIpc) is 2.65. The Labute approximate surface area is 152 Å². The number of esters is 1. The summed E-state index contributed by atoms with van der Waals surface area (Å²) in [6.45, 7) is 4.13. The molecule has 0 aliphatic heterocycles. The number of aromatic nitrogens is 2. The first kappa shape index (κ1) is 17.4. The van der Waals surface area contributed by atoms with Gasteiger partial charge in [0.25, 0.3) is 0 Å². The highest BCUT2D eigenvalue weighted by Crippen LogP contribution is 2.21. The molecule has 2 N–H and O–H groups in total. The van der Waals surface area contributed by atoms with Gasteiger partial charge in [-0.1, -0.05) is 29.8 Å². The van der Waals surface area contributed by atoms with Gasteiger partial charge < -0.3 is 15.4 Å². The number of benzene rings is 2. The molecule has 0 bridgehead atoms. The van der Waals surface area contributed by atoms with E-state index >= 15 is 0 Å². The third kappa shape index (κ3) is 4.36. The topological polar surface area (TPSA) is 76.1 Å². The van der Waals surface area contributed by atoms with E-state index in [9.17, 15) is 4.79 Å². The van der Waals surface area contributed by atoms with E-state index in [0.29, 0.717) is 29.6 Å². The molecule has 3 rings (SSSR count). The molecule has 0 aliphatic rings. The minimum atomic E-state index is -0.385. The summed E-state index contributed by atoms with van der Waals surface area (Å²) < 4.78 is 5.09. The van der Waals surface area contributed by atoms with E-state index in [-0.39, 0.29) is 5.97 Å². The molecule has 1 aromatic heterocycles. The van der Waals surface area contributed by atoms with Gasteiger partial charge in [-0.3, -0.25) is 0 Å². The summed E-state index contributed by atoms with van der Waals surface area (Å²) in [7, 11) is 0. The van der Waals surface area contributed by atoms with Crippen molar-refractivity contribution >= 4 is 29.1 Å². The van der Waals surface area contributed by atoms with Gasteiger partial charge in [0, 0.05) is 11.9 Å². The van der Waals surface area contributed by atoms with E-state index < -0.39 is 0 Å². The number of nitrogens with zero attached hydrogens (tertiary/aromatic N) is 2. The summed E-state index contributed by atoms with van der Waals surface area (Å²) >= 11 is 0. The van der Waals surface area contributed by atoms with Gasteiger partial charge in [0.15, 0.2) is 0 Å². The molecule has 3 aromatic rings. The van der Waals surface area contributed by atoms with Gasteiger partial charge in [-0.2, -0.15) is 4.98 Å². The monoisotopic (exact) mass is 348 g/mol. The van der Waals surface area contributed by atoms with Gasteiger partial charge in [0.05, 0.1) is 17.9 Å². The molecule has 0 aliphatic carbocycles. The van der Waals surface area contributed by atoms with Crippen LogP contribution < -0.4 is 10.6 Å². The molecule has 0 atom stereocenters. The van der Waals surface area contributed by atoms with Gasteiger partial charge in [0.1, 0.15) is 5.82 Å². The third-order valence-corrected chi connectivity index (χ3v) is 3.65. The van der Waals surface area contributed by atoms with Crippen LogP contribution in [-0.4, -0.2) is 22.5 Å². The smallest absolute Gasteiger partial charge is 0.340 e. The number of anilines is 4. The predicted octanol–water partition coefficient (Wildman–Crippen LogP) is 4.45. The van der Waals surface area contributed by atoms with Gasteiger partial charge in [0.2, 0.25) is 5.95 Å². The van der Waals surface area contributed by atoms with E-state index in [2.05, 4.69) is 20.6 Å². The summed E-state index contributed by atoms with van der Waals surface area (Å²) in [5.41, 5.74) is 3.16. The lowest BCUT2D eigenvalue weighted by atomic mass is 10.2. The maximum Gasteiger partial charge on any atom is 0.340 e. The normalized spacial score (nSPS) is 10.2. The van der Waals surface area contributed by atoms with Crippen molar-refractivity contribution in [2.24, 2.45) is 0 Å². The number of nitrogens with one attached hydrogen (secondary N) is 2. The number of carbonyl (C=O) groups excluding carboxylic acids is 1. The van der Waals surface area contributed by atoms with Crippen LogP contribution in [0.1, 0.15) is 22.8 Å². The van der Waals surface area contributed by atoms with Crippen LogP contribution in [-0.2, 0) is 4.74 Å². The van der Waals surface area contributed by atoms with Crippen LogP contribution in [0.5, 0.6) is 0 Å². The molecule has 0 saturated carbocycles. The van der Waals surface area contributed by atoms with Gasteiger partial charge in [-0.15, -0.1) is 0 Å². The highest BCUT2D eigenvalue weighted by molar-refractivity contribution is 5.96. The fraction of sp³-hybridized carbons (Fsp3) is 0.150. The van der Waals surface area contributed by atoms with Crippen molar-refractivity contribution in [2.75, 3.05) is 17.2 Å². The number of rotatable bonds is 6. The van der Waals surface area contributed by atoms with Crippen molar-refractivity contribution < 1.29 is 9.53 Å². The summed E-state index contributed by atoms with van der Waals surface area (Å²) in [6, 6.07) is 16.9. The molecule has 0 spiro atoms. The van der Waals surface area contributed by atoms with E-state index in [1.165, 1.54) is 5.56 Å². The first-order valence-electron chi connectivity index (χ1n) is 8.35. The Morgan fingerprint density at radius 3 is 2.58 bits per heavy atom. The molecule has 2 aromatic carbocycles. The molecule has 6 heteroatoms. The van der Waals surface area contributed by atoms with Crippen molar-refractivity contribution in [1.82, 2.24) is 9.97 Å². The van der Waals surface area contributed by atoms with Crippen molar-refractivity contribution in [3.63, 3.8) is 0 Å². The zero-order chi connectivity index (χ0) is 18.4. The van der Waals surface area contributed by atoms with Crippen LogP contribution in [0.2, 0.25) is 0 Å². The molecule has 1 heterocycles. The second-order valence-electron chi connectivity index (χ2n) is 5.65. The summed E-state index contributed by atoms with van der Waals surface area (Å²) in [5.74, 6) is 0.656. The van der Waals surface area contributed by atoms with Crippen molar-refractivity contribution in [2.45, 2.75) is 13.8 Å². The maximum atomic E-state index is 12.1. The van der Waals surface area contributed by atoms with E-state index in [1.54, 1.807) is 37.4 Å². The van der Waals surface area contributed by atoms with Crippen molar-refractivity contribution in [3.05, 3.63) is 71.9 Å². The van der Waals surface area contributed by atoms with E-state index in [0.717, 1.165) is 5.69 Å². The van der Waals surface area contributed by atoms with Crippen LogP contribution >= 0.6 is 0 Å². The first-order chi connectivity index (χ1) is 12.7. The Morgan fingerprint density at radius 2 is 1.81 bits per heavy atom. The van der Waals surface area contributed by atoms with Gasteiger partial charge in [-0.05, 0) is 44.2 Å². The largest absolute Gasteiger partial charge is 0.462 e. The molecular weight excluding hydrogens is 328 g/mol. The van der Waals surface area contributed by atoms with E-state index in [4.69, 9.17) is 4.74 Å². The number of hydrogen-bond donors (Lipinski definition) is 2. The summed E-state index contributed by atoms with van der Waals surface area (Å²) in [4.78, 5) is 20.7. The number of aryl methyl sites for hydroxylation is 1. The number of ether oxygens (including phenoxy) is 1. The Balaban J connectivity index is 1.79. The number of para-hydroxylation sites is 1. The average molecular weight is 348 g/mol. The second kappa shape index (κ2) is 8.11. The molecule has 0 fully saturated rings. The summed E-state index contributed by atoms with van der Waals surface area (Å²) in [5, 5.41) is 6.32. The van der Waals surface area contributed by atoms with Crippen LogP contribution in [0.3, 0.4) is 0 Å². The lowest BCUT2D eigenvalue weighted by Gasteiger charge is -2.11. The van der Waals surface area contributed by atoms with Crippen LogP contribution in [0.25, 0.3) is 0 Å². The molecule has 0 amide bonds. The van der Waals surface area contributed by atoms with Crippen LogP contribution in [0, 0.1) is 6.92 Å². The Kier molecular flexibility index (Phi) is 5.43. The quantitative estimate of drug-likeness (QED) is 0.641.